The van der Waals surface area contributed by atoms with Gasteiger partial charge in [-0.15, -0.1) is 0 Å². The van der Waals surface area contributed by atoms with Crippen molar-refractivity contribution in [1.82, 2.24) is 9.80 Å². The topological polar surface area (TPSA) is 41.7 Å². The lowest BCUT2D eigenvalue weighted by atomic mass is 9.94. The van der Waals surface area contributed by atoms with Crippen molar-refractivity contribution in [3.05, 3.63) is 0 Å². The van der Waals surface area contributed by atoms with Crippen LogP contribution in [0.25, 0.3) is 0 Å². The molecular formula is C15H33N3O. The summed E-state index contributed by atoms with van der Waals surface area (Å²) in [7, 11) is 6.20. The lowest BCUT2D eigenvalue weighted by Crippen LogP contribution is -2.46. The molecule has 0 saturated carbocycles. The molecule has 4 heteroatoms. The van der Waals surface area contributed by atoms with E-state index < -0.39 is 0 Å². The molecule has 1 saturated heterocycles. The van der Waals surface area contributed by atoms with Crippen molar-refractivity contribution in [2.24, 2.45) is 11.7 Å². The van der Waals surface area contributed by atoms with Crippen molar-refractivity contribution in [2.75, 3.05) is 47.4 Å². The van der Waals surface area contributed by atoms with Gasteiger partial charge in [0.2, 0.25) is 0 Å². The zero-order valence-electron chi connectivity index (χ0n) is 13.5. The Morgan fingerprint density at radius 3 is 2.42 bits per heavy atom. The van der Waals surface area contributed by atoms with Crippen molar-refractivity contribution in [1.29, 1.82) is 0 Å². The van der Waals surface area contributed by atoms with E-state index in [0.29, 0.717) is 12.6 Å². The van der Waals surface area contributed by atoms with Crippen LogP contribution in [0.1, 0.15) is 33.1 Å². The first-order valence-electron chi connectivity index (χ1n) is 7.52. The minimum atomic E-state index is -0.0922. The highest BCUT2D eigenvalue weighted by atomic mass is 16.5. The van der Waals surface area contributed by atoms with Gasteiger partial charge in [-0.1, -0.05) is 0 Å². The van der Waals surface area contributed by atoms with Crippen molar-refractivity contribution >= 4 is 0 Å². The van der Waals surface area contributed by atoms with Gasteiger partial charge in [-0.05, 0) is 66.2 Å². The molecule has 0 aliphatic carbocycles. The molecule has 0 aromatic rings. The first-order valence-corrected chi connectivity index (χ1v) is 7.52. The summed E-state index contributed by atoms with van der Waals surface area (Å²) >= 11 is 0. The molecule has 0 aromatic carbocycles. The fraction of sp³-hybridized carbons (Fsp3) is 1.00. The lowest BCUT2D eigenvalue weighted by Gasteiger charge is -2.37. The van der Waals surface area contributed by atoms with Crippen LogP contribution in [-0.4, -0.2) is 68.8 Å². The Kier molecular flexibility index (Phi) is 6.74. The predicted octanol–water partition coefficient (Wildman–Crippen LogP) is 1.40. The third-order valence-corrected chi connectivity index (χ3v) is 4.56. The monoisotopic (exact) mass is 271 g/mol. The quantitative estimate of drug-likeness (QED) is 0.760. The highest BCUT2D eigenvalue weighted by Crippen LogP contribution is 2.21. The second kappa shape index (κ2) is 7.58. The molecule has 1 unspecified atom stereocenters. The van der Waals surface area contributed by atoms with E-state index in [0.717, 1.165) is 18.9 Å². The Labute approximate surface area is 119 Å². The van der Waals surface area contributed by atoms with Gasteiger partial charge in [-0.2, -0.15) is 0 Å². The van der Waals surface area contributed by atoms with Crippen LogP contribution in [-0.2, 0) is 4.74 Å². The van der Waals surface area contributed by atoms with Gasteiger partial charge in [0.05, 0.1) is 5.60 Å². The molecule has 0 radical (unpaired) electrons. The van der Waals surface area contributed by atoms with Gasteiger partial charge in [0.1, 0.15) is 0 Å². The van der Waals surface area contributed by atoms with Crippen LogP contribution >= 0.6 is 0 Å². The number of likely N-dealkylation sites (tertiary alicyclic amines) is 1. The second-order valence-corrected chi connectivity index (χ2v) is 6.74. The number of ether oxygens (including phenoxy) is 1. The average molecular weight is 271 g/mol. The summed E-state index contributed by atoms with van der Waals surface area (Å²) in [5.41, 5.74) is 5.87. The Morgan fingerprint density at radius 1 is 1.37 bits per heavy atom. The number of piperidine rings is 1. The molecule has 0 amide bonds. The van der Waals surface area contributed by atoms with E-state index in [-0.39, 0.29) is 5.60 Å². The van der Waals surface area contributed by atoms with Gasteiger partial charge < -0.3 is 20.3 Å². The fourth-order valence-electron chi connectivity index (χ4n) is 2.87. The minimum Gasteiger partial charge on any atom is -0.379 e. The summed E-state index contributed by atoms with van der Waals surface area (Å²) in [6, 6.07) is 0.412. The van der Waals surface area contributed by atoms with E-state index in [1.165, 1.54) is 25.9 Å². The Bertz CT molecular complexity index is 250. The van der Waals surface area contributed by atoms with Gasteiger partial charge in [0, 0.05) is 26.2 Å². The molecule has 4 nitrogen and oxygen atoms in total. The standard InChI is InChI=1S/C15H33N3O/c1-15(2,19-5)10-14(11-16)18(4)12-13-6-8-17(3)9-7-13/h13-14H,6-12,16H2,1-5H3. The second-order valence-electron chi connectivity index (χ2n) is 6.74. The van der Waals surface area contributed by atoms with E-state index in [4.69, 9.17) is 10.5 Å². The van der Waals surface area contributed by atoms with E-state index >= 15 is 0 Å². The molecule has 0 bridgehead atoms. The number of hydrogen-bond acceptors (Lipinski definition) is 4. The molecule has 19 heavy (non-hydrogen) atoms. The van der Waals surface area contributed by atoms with Crippen LogP contribution in [0.5, 0.6) is 0 Å². The number of hydrogen-bond donors (Lipinski definition) is 1. The summed E-state index contributed by atoms with van der Waals surface area (Å²) in [5, 5.41) is 0. The molecule has 1 fully saturated rings. The molecule has 1 aliphatic rings. The van der Waals surface area contributed by atoms with Crippen molar-refractivity contribution < 1.29 is 4.74 Å². The Hall–Kier alpha value is -0.160. The van der Waals surface area contributed by atoms with Gasteiger partial charge >= 0.3 is 0 Å². The number of nitrogens with two attached hydrogens (primary N) is 1. The van der Waals surface area contributed by atoms with Crippen molar-refractivity contribution in [3.63, 3.8) is 0 Å². The molecule has 114 valence electrons. The predicted molar refractivity (Wildman–Crippen MR) is 81.4 cm³/mol. The maximum absolute atomic E-state index is 5.96. The first-order chi connectivity index (χ1) is 8.88. The maximum atomic E-state index is 5.96. The van der Waals surface area contributed by atoms with Crippen LogP contribution in [0.3, 0.4) is 0 Å². The third-order valence-electron chi connectivity index (χ3n) is 4.56. The maximum Gasteiger partial charge on any atom is 0.0638 e. The van der Waals surface area contributed by atoms with Crippen LogP contribution in [0.2, 0.25) is 0 Å². The summed E-state index contributed by atoms with van der Waals surface area (Å²) in [4.78, 5) is 4.86. The van der Waals surface area contributed by atoms with Gasteiger partial charge in [-0.3, -0.25) is 0 Å². The van der Waals surface area contributed by atoms with Crippen LogP contribution < -0.4 is 5.73 Å². The highest BCUT2D eigenvalue weighted by Gasteiger charge is 2.26. The number of rotatable bonds is 7. The number of methoxy groups -OCH3 is 1. The first kappa shape index (κ1) is 16.9. The summed E-state index contributed by atoms with van der Waals surface area (Å²) in [5.74, 6) is 0.820. The molecular weight excluding hydrogens is 238 g/mol. The molecule has 1 rings (SSSR count). The van der Waals surface area contributed by atoms with E-state index in [2.05, 4.69) is 37.7 Å². The summed E-state index contributed by atoms with van der Waals surface area (Å²) in [6.07, 6.45) is 3.61. The zero-order valence-corrected chi connectivity index (χ0v) is 13.5. The lowest BCUT2D eigenvalue weighted by molar-refractivity contribution is -0.00701. The zero-order chi connectivity index (χ0) is 14.5. The number of nitrogens with zero attached hydrogens (tertiary/aromatic N) is 2. The van der Waals surface area contributed by atoms with Crippen LogP contribution in [0.4, 0.5) is 0 Å². The smallest absolute Gasteiger partial charge is 0.0638 e. The molecule has 1 atom stereocenters. The molecule has 0 aromatic heterocycles. The SMILES string of the molecule is COC(C)(C)CC(CN)N(C)CC1CCN(C)CC1. The molecule has 0 spiro atoms. The highest BCUT2D eigenvalue weighted by molar-refractivity contribution is 4.82. The van der Waals surface area contributed by atoms with E-state index in [1.54, 1.807) is 7.11 Å². The largest absolute Gasteiger partial charge is 0.379 e. The summed E-state index contributed by atoms with van der Waals surface area (Å²) in [6.45, 7) is 8.61. The molecule has 2 N–H and O–H groups in total. The van der Waals surface area contributed by atoms with Crippen molar-refractivity contribution in [3.8, 4) is 0 Å². The molecule has 1 aliphatic heterocycles. The van der Waals surface area contributed by atoms with Gasteiger partial charge in [-0.25, -0.2) is 0 Å². The van der Waals surface area contributed by atoms with Crippen LogP contribution in [0, 0.1) is 5.92 Å². The van der Waals surface area contributed by atoms with Crippen LogP contribution in [0.15, 0.2) is 0 Å². The van der Waals surface area contributed by atoms with E-state index in [9.17, 15) is 0 Å². The van der Waals surface area contributed by atoms with Gasteiger partial charge in [0.15, 0.2) is 0 Å². The fourth-order valence-corrected chi connectivity index (χ4v) is 2.87. The summed E-state index contributed by atoms with van der Waals surface area (Å²) < 4.78 is 5.54. The van der Waals surface area contributed by atoms with E-state index in [1.807, 2.05) is 0 Å². The Morgan fingerprint density at radius 2 is 1.95 bits per heavy atom. The average Bonchev–Trinajstić information content (AvgIpc) is 2.38. The third kappa shape index (κ3) is 5.78. The number of likely N-dealkylation sites (N-methyl/N-ethyl adjacent to an activating group) is 1. The minimum absolute atomic E-state index is 0.0922. The molecule has 1 heterocycles. The van der Waals surface area contributed by atoms with Crippen molar-refractivity contribution in [2.45, 2.75) is 44.8 Å². The normalized spacial score (nSPS) is 21.0. The Balaban J connectivity index is 2.43. The van der Waals surface area contributed by atoms with Gasteiger partial charge in [0.25, 0.3) is 0 Å².